The highest BCUT2D eigenvalue weighted by Gasteiger charge is 1.97. The van der Waals surface area contributed by atoms with E-state index in [9.17, 15) is 0 Å². The van der Waals surface area contributed by atoms with Crippen molar-refractivity contribution in [3.8, 4) is 0 Å². The second-order valence-electron chi connectivity index (χ2n) is 1.90. The molecule has 0 aromatic carbocycles. The second kappa shape index (κ2) is 4.19. The second-order valence-corrected chi connectivity index (χ2v) is 1.90. The molecule has 0 unspecified atom stereocenters. The molecule has 0 bridgehead atoms. The Morgan fingerprint density at radius 3 is 2.20 bits per heavy atom. The predicted molar refractivity (Wildman–Crippen MR) is 41.9 cm³/mol. The molecule has 0 aliphatic rings. The van der Waals surface area contributed by atoms with Crippen LogP contribution in [0.4, 0.5) is 0 Å². The van der Waals surface area contributed by atoms with Gasteiger partial charge in [-0.15, -0.1) is 12.4 Å². The van der Waals surface area contributed by atoms with E-state index >= 15 is 0 Å². The number of rotatable bonds is 1. The Morgan fingerprint density at radius 1 is 1.40 bits per heavy atom. The summed E-state index contributed by atoms with van der Waals surface area (Å²) in [5, 5.41) is 0. The lowest BCUT2D eigenvalue weighted by molar-refractivity contribution is 0.739. The van der Waals surface area contributed by atoms with Gasteiger partial charge in [-0.3, -0.25) is 0 Å². The van der Waals surface area contributed by atoms with Crippen molar-refractivity contribution in [2.45, 2.75) is 13.0 Å². The molecule has 0 aliphatic carbocycles. The molecule has 0 amide bonds. The number of hydrogen-bond donors (Lipinski definition) is 1. The molecule has 4 heteroatoms. The molecule has 10 heavy (non-hydrogen) atoms. The first-order chi connectivity index (χ1) is 4.30. The summed E-state index contributed by atoms with van der Waals surface area (Å²) in [7, 11) is 0. The van der Waals surface area contributed by atoms with Crippen LogP contribution >= 0.6 is 12.4 Å². The van der Waals surface area contributed by atoms with Crippen molar-refractivity contribution in [1.82, 2.24) is 9.97 Å². The summed E-state index contributed by atoms with van der Waals surface area (Å²) in [5.41, 5.74) is 5.49. The summed E-state index contributed by atoms with van der Waals surface area (Å²) in [4.78, 5) is 7.88. The van der Waals surface area contributed by atoms with E-state index < -0.39 is 0 Å². The maximum Gasteiger partial charge on any atom is 0.144 e. The van der Waals surface area contributed by atoms with Crippen molar-refractivity contribution in [2.24, 2.45) is 5.73 Å². The average Bonchev–Trinajstić information content (AvgIpc) is 1.90. The Balaban J connectivity index is 0.000000810. The lowest BCUT2D eigenvalue weighted by Gasteiger charge is -1.99. The van der Waals surface area contributed by atoms with Crippen LogP contribution in [0.3, 0.4) is 0 Å². The summed E-state index contributed by atoms with van der Waals surface area (Å²) in [5.74, 6) is 0.692. The quantitative estimate of drug-likeness (QED) is 0.663. The first-order valence-corrected chi connectivity index (χ1v) is 2.83. The van der Waals surface area contributed by atoms with Gasteiger partial charge in [-0.2, -0.15) is 0 Å². The van der Waals surface area contributed by atoms with Gasteiger partial charge in [0, 0.05) is 12.4 Å². The van der Waals surface area contributed by atoms with Gasteiger partial charge in [0.1, 0.15) is 5.82 Å². The third-order valence-corrected chi connectivity index (χ3v) is 0.993. The lowest BCUT2D eigenvalue weighted by Crippen LogP contribution is -2.08. The minimum atomic E-state index is -0.0637. The van der Waals surface area contributed by atoms with E-state index in [1.807, 2.05) is 6.92 Å². The van der Waals surface area contributed by atoms with Crippen molar-refractivity contribution in [3.05, 3.63) is 24.3 Å². The van der Waals surface area contributed by atoms with Gasteiger partial charge in [0.05, 0.1) is 6.04 Å². The number of nitrogens with two attached hydrogens (primary N) is 1. The normalized spacial score (nSPS) is 11.8. The Bertz CT molecular complexity index is 176. The van der Waals surface area contributed by atoms with Crippen LogP contribution < -0.4 is 5.73 Å². The van der Waals surface area contributed by atoms with E-state index in [1.165, 1.54) is 0 Å². The minimum absolute atomic E-state index is 0. The van der Waals surface area contributed by atoms with Crippen molar-refractivity contribution in [3.63, 3.8) is 0 Å². The number of hydrogen-bond acceptors (Lipinski definition) is 3. The minimum Gasteiger partial charge on any atom is -0.322 e. The highest BCUT2D eigenvalue weighted by Crippen LogP contribution is 1.97. The molecule has 0 spiro atoms. The predicted octanol–water partition coefficient (Wildman–Crippen LogP) is 0.918. The van der Waals surface area contributed by atoms with Crippen LogP contribution in [0.25, 0.3) is 0 Å². The molecule has 1 rings (SSSR count). The zero-order valence-electron chi connectivity index (χ0n) is 5.69. The third kappa shape index (κ3) is 2.29. The zero-order valence-corrected chi connectivity index (χ0v) is 6.51. The molecule has 1 aromatic rings. The Morgan fingerprint density at radius 2 is 1.90 bits per heavy atom. The molecule has 1 aromatic heterocycles. The first-order valence-electron chi connectivity index (χ1n) is 2.83. The van der Waals surface area contributed by atoms with Crippen LogP contribution in [0.15, 0.2) is 18.5 Å². The SMILES string of the molecule is C[C@H](N)c1ncccn1.Cl. The van der Waals surface area contributed by atoms with E-state index in [0.29, 0.717) is 5.82 Å². The standard InChI is InChI=1S/C6H9N3.ClH/c1-5(7)6-8-3-2-4-9-6;/h2-5H,7H2,1H3;1H/t5-;/m0./s1. The molecule has 0 radical (unpaired) electrons. The van der Waals surface area contributed by atoms with Gasteiger partial charge in [-0.05, 0) is 13.0 Å². The fourth-order valence-electron chi connectivity index (χ4n) is 0.546. The fourth-order valence-corrected chi connectivity index (χ4v) is 0.546. The van der Waals surface area contributed by atoms with Crippen LogP contribution in [-0.4, -0.2) is 9.97 Å². The fraction of sp³-hybridized carbons (Fsp3) is 0.333. The van der Waals surface area contributed by atoms with Gasteiger partial charge in [-0.25, -0.2) is 9.97 Å². The van der Waals surface area contributed by atoms with Gasteiger partial charge in [0.2, 0.25) is 0 Å². The topological polar surface area (TPSA) is 51.8 Å². The number of halogens is 1. The number of nitrogens with zero attached hydrogens (tertiary/aromatic N) is 2. The van der Waals surface area contributed by atoms with Crippen molar-refractivity contribution >= 4 is 12.4 Å². The van der Waals surface area contributed by atoms with E-state index in [1.54, 1.807) is 18.5 Å². The molecule has 1 atom stereocenters. The summed E-state index contributed by atoms with van der Waals surface area (Å²) < 4.78 is 0. The van der Waals surface area contributed by atoms with E-state index in [0.717, 1.165) is 0 Å². The van der Waals surface area contributed by atoms with Crippen LogP contribution in [0, 0.1) is 0 Å². The van der Waals surface area contributed by atoms with Crippen LogP contribution in [-0.2, 0) is 0 Å². The van der Waals surface area contributed by atoms with Gasteiger partial charge >= 0.3 is 0 Å². The zero-order chi connectivity index (χ0) is 6.69. The molecule has 0 saturated carbocycles. The maximum absolute atomic E-state index is 5.49. The third-order valence-electron chi connectivity index (χ3n) is 0.993. The Hall–Kier alpha value is -0.670. The summed E-state index contributed by atoms with van der Waals surface area (Å²) in [6, 6.07) is 1.71. The van der Waals surface area contributed by atoms with Crippen molar-refractivity contribution in [1.29, 1.82) is 0 Å². The van der Waals surface area contributed by atoms with Gasteiger partial charge in [-0.1, -0.05) is 0 Å². The molecule has 0 saturated heterocycles. The van der Waals surface area contributed by atoms with Crippen molar-refractivity contribution in [2.75, 3.05) is 0 Å². The summed E-state index contributed by atoms with van der Waals surface area (Å²) in [6.45, 7) is 1.86. The molecule has 0 fully saturated rings. The highest BCUT2D eigenvalue weighted by atomic mass is 35.5. The van der Waals surface area contributed by atoms with Gasteiger partial charge in [0.15, 0.2) is 0 Å². The summed E-state index contributed by atoms with van der Waals surface area (Å²) in [6.07, 6.45) is 3.37. The van der Waals surface area contributed by atoms with Crippen LogP contribution in [0.1, 0.15) is 18.8 Å². The molecule has 2 N–H and O–H groups in total. The first kappa shape index (κ1) is 9.33. The lowest BCUT2D eigenvalue weighted by atomic mass is 10.3. The molecular weight excluding hydrogens is 150 g/mol. The molecule has 0 aliphatic heterocycles. The Labute approximate surface area is 66.1 Å². The maximum atomic E-state index is 5.49. The van der Waals surface area contributed by atoms with E-state index in [-0.39, 0.29) is 18.4 Å². The molecule has 3 nitrogen and oxygen atoms in total. The number of aromatic nitrogens is 2. The van der Waals surface area contributed by atoms with E-state index in [4.69, 9.17) is 5.73 Å². The monoisotopic (exact) mass is 159 g/mol. The van der Waals surface area contributed by atoms with E-state index in [2.05, 4.69) is 9.97 Å². The largest absolute Gasteiger partial charge is 0.322 e. The van der Waals surface area contributed by atoms with Crippen LogP contribution in [0.5, 0.6) is 0 Å². The average molecular weight is 160 g/mol. The summed E-state index contributed by atoms with van der Waals surface area (Å²) >= 11 is 0. The van der Waals surface area contributed by atoms with Gasteiger partial charge < -0.3 is 5.73 Å². The van der Waals surface area contributed by atoms with Crippen LogP contribution in [0.2, 0.25) is 0 Å². The highest BCUT2D eigenvalue weighted by molar-refractivity contribution is 5.85. The molecule has 56 valence electrons. The van der Waals surface area contributed by atoms with Gasteiger partial charge in [0.25, 0.3) is 0 Å². The Kier molecular flexibility index (Phi) is 3.91. The van der Waals surface area contributed by atoms with Crippen molar-refractivity contribution < 1.29 is 0 Å². The molecule has 1 heterocycles. The molecular formula is C6H10ClN3. The smallest absolute Gasteiger partial charge is 0.144 e.